The van der Waals surface area contributed by atoms with Gasteiger partial charge in [0, 0.05) is 58.3 Å². The fourth-order valence-electron chi connectivity index (χ4n) is 5.40. The van der Waals surface area contributed by atoms with Gasteiger partial charge in [-0.2, -0.15) is 0 Å². The first-order valence-corrected chi connectivity index (χ1v) is 14.5. The summed E-state index contributed by atoms with van der Waals surface area (Å²) in [6, 6.07) is 7.29. The van der Waals surface area contributed by atoms with Crippen molar-refractivity contribution in [2.45, 2.75) is 70.9 Å². The standard InChI is InChI=1S/C31H41N5O5/c1-5-22-10-11-24-25(17-22)32-21-36(29(24)39)20-31(41)12-15-35(16-13-31)28(38)9-7-8-14-33(3)30(40)26-18-23(19-34(26)4)27(37)6-2/h10-11,17-19,21,41H,5-9,12-16,20H2,1-4H3. The Labute approximate surface area is 240 Å². The zero-order valence-electron chi connectivity index (χ0n) is 24.6. The largest absolute Gasteiger partial charge is 0.388 e. The van der Waals surface area contributed by atoms with Crippen LogP contribution in [0.2, 0.25) is 0 Å². The van der Waals surface area contributed by atoms with Crippen molar-refractivity contribution in [3.63, 3.8) is 0 Å². The van der Waals surface area contributed by atoms with Crippen LogP contribution in [0.4, 0.5) is 0 Å². The van der Waals surface area contributed by atoms with E-state index in [1.165, 1.54) is 10.9 Å². The highest BCUT2D eigenvalue weighted by Crippen LogP contribution is 2.25. The first-order chi connectivity index (χ1) is 19.5. The molecule has 3 aromatic rings. The van der Waals surface area contributed by atoms with E-state index in [2.05, 4.69) is 11.9 Å². The van der Waals surface area contributed by atoms with Gasteiger partial charge in [0.2, 0.25) is 5.91 Å². The molecule has 0 unspecified atom stereocenters. The molecule has 1 fully saturated rings. The molecule has 3 heterocycles. The van der Waals surface area contributed by atoms with Crippen molar-refractivity contribution in [3.05, 3.63) is 64.0 Å². The zero-order chi connectivity index (χ0) is 29.7. The first kappa shape index (κ1) is 30.2. The number of amides is 2. The summed E-state index contributed by atoms with van der Waals surface area (Å²) >= 11 is 0. The Morgan fingerprint density at radius 2 is 1.83 bits per heavy atom. The molecule has 1 saturated heterocycles. The molecule has 4 rings (SSSR count). The van der Waals surface area contributed by atoms with E-state index >= 15 is 0 Å². The van der Waals surface area contributed by atoms with Gasteiger partial charge in [-0.3, -0.25) is 23.7 Å². The van der Waals surface area contributed by atoms with Gasteiger partial charge in [0.25, 0.3) is 11.5 Å². The van der Waals surface area contributed by atoms with E-state index in [0.29, 0.717) is 80.3 Å². The molecule has 2 amide bonds. The summed E-state index contributed by atoms with van der Waals surface area (Å²) in [4.78, 5) is 58.5. The topological polar surface area (TPSA) is 118 Å². The highest BCUT2D eigenvalue weighted by Gasteiger charge is 2.34. The van der Waals surface area contributed by atoms with Crippen LogP contribution >= 0.6 is 0 Å². The lowest BCUT2D eigenvalue weighted by molar-refractivity contribution is -0.136. The minimum Gasteiger partial charge on any atom is -0.388 e. The molecule has 0 spiro atoms. The van der Waals surface area contributed by atoms with Crippen LogP contribution in [0.3, 0.4) is 0 Å². The number of aryl methyl sites for hydroxylation is 2. The average molecular weight is 564 g/mol. The van der Waals surface area contributed by atoms with Gasteiger partial charge < -0.3 is 19.5 Å². The van der Waals surface area contributed by atoms with Crippen LogP contribution in [0.25, 0.3) is 10.9 Å². The van der Waals surface area contributed by atoms with Crippen molar-refractivity contribution in [2.75, 3.05) is 26.7 Å². The molecule has 0 aliphatic carbocycles. The van der Waals surface area contributed by atoms with Gasteiger partial charge in [0.15, 0.2) is 5.78 Å². The Balaban J connectivity index is 1.23. The molecular weight excluding hydrogens is 522 g/mol. The van der Waals surface area contributed by atoms with Crippen molar-refractivity contribution < 1.29 is 19.5 Å². The molecular formula is C31H41N5O5. The molecule has 0 radical (unpaired) electrons. The number of aromatic nitrogens is 3. The second-order valence-electron chi connectivity index (χ2n) is 11.2. The monoisotopic (exact) mass is 563 g/mol. The van der Waals surface area contributed by atoms with Gasteiger partial charge in [0.1, 0.15) is 5.69 Å². The summed E-state index contributed by atoms with van der Waals surface area (Å²) in [6.45, 7) is 5.34. The number of unbranched alkanes of at least 4 members (excludes halogenated alkanes) is 1. The summed E-state index contributed by atoms with van der Waals surface area (Å²) < 4.78 is 3.15. The highest BCUT2D eigenvalue weighted by atomic mass is 16.3. The average Bonchev–Trinajstić information content (AvgIpc) is 3.37. The summed E-state index contributed by atoms with van der Waals surface area (Å²) in [5.74, 6) is -0.125. The highest BCUT2D eigenvalue weighted by molar-refractivity contribution is 6.00. The number of hydrogen-bond donors (Lipinski definition) is 1. The van der Waals surface area contributed by atoms with Gasteiger partial charge in [-0.1, -0.05) is 19.9 Å². The Morgan fingerprint density at radius 1 is 1.10 bits per heavy atom. The van der Waals surface area contributed by atoms with Crippen LogP contribution < -0.4 is 5.56 Å². The maximum atomic E-state index is 13.0. The van der Waals surface area contributed by atoms with E-state index < -0.39 is 5.60 Å². The Morgan fingerprint density at radius 3 is 2.51 bits per heavy atom. The number of carbonyl (C=O) groups is 3. The smallest absolute Gasteiger partial charge is 0.270 e. The van der Waals surface area contributed by atoms with Crippen LogP contribution in [-0.2, 0) is 24.8 Å². The summed E-state index contributed by atoms with van der Waals surface area (Å²) in [7, 11) is 3.48. The number of ketones is 1. The van der Waals surface area contributed by atoms with Gasteiger partial charge in [-0.05, 0) is 55.9 Å². The number of Topliss-reactive ketones (excluding diaryl/α,β-unsaturated/α-hetero) is 1. The molecule has 10 nitrogen and oxygen atoms in total. The molecule has 2 aromatic heterocycles. The van der Waals surface area contributed by atoms with Crippen LogP contribution in [0.15, 0.2) is 41.6 Å². The lowest BCUT2D eigenvalue weighted by atomic mass is 9.91. The molecule has 1 aliphatic heterocycles. The summed E-state index contributed by atoms with van der Waals surface area (Å²) in [6.07, 6.45) is 6.89. The van der Waals surface area contributed by atoms with E-state index in [0.717, 1.165) is 12.0 Å². The first-order valence-electron chi connectivity index (χ1n) is 14.5. The number of rotatable bonds is 11. The molecule has 1 aliphatic rings. The number of benzene rings is 1. The molecule has 1 N–H and O–H groups in total. The number of carbonyl (C=O) groups excluding carboxylic acids is 3. The molecule has 1 aromatic carbocycles. The minimum atomic E-state index is -1.08. The van der Waals surface area contributed by atoms with E-state index in [-0.39, 0.29) is 29.7 Å². The van der Waals surface area contributed by atoms with E-state index in [1.54, 1.807) is 53.7 Å². The number of hydrogen-bond acceptors (Lipinski definition) is 6. The Kier molecular flexibility index (Phi) is 9.42. The molecule has 10 heteroatoms. The van der Waals surface area contributed by atoms with Gasteiger partial charge in [-0.15, -0.1) is 0 Å². The third-order valence-corrected chi connectivity index (χ3v) is 8.16. The van der Waals surface area contributed by atoms with Crippen molar-refractivity contribution in [1.29, 1.82) is 0 Å². The number of fused-ring (bicyclic) bond motifs is 1. The van der Waals surface area contributed by atoms with Crippen molar-refractivity contribution in [2.24, 2.45) is 7.05 Å². The number of likely N-dealkylation sites (tertiary alicyclic amines) is 1. The second-order valence-corrected chi connectivity index (χ2v) is 11.2. The maximum Gasteiger partial charge on any atom is 0.270 e. The summed E-state index contributed by atoms with van der Waals surface area (Å²) in [5.41, 5.74) is 1.53. The second kappa shape index (κ2) is 12.8. The number of piperidine rings is 1. The predicted octanol–water partition coefficient (Wildman–Crippen LogP) is 3.19. The lowest BCUT2D eigenvalue weighted by Crippen LogP contribution is -2.49. The van der Waals surface area contributed by atoms with Gasteiger partial charge in [-0.25, -0.2) is 4.98 Å². The Hall–Kier alpha value is -3.79. The minimum absolute atomic E-state index is 0.00188. The Bertz CT molecular complexity index is 1480. The predicted molar refractivity (Wildman–Crippen MR) is 157 cm³/mol. The molecule has 41 heavy (non-hydrogen) atoms. The van der Waals surface area contributed by atoms with E-state index in [1.807, 2.05) is 12.1 Å². The molecule has 0 atom stereocenters. The van der Waals surface area contributed by atoms with E-state index in [4.69, 9.17) is 0 Å². The molecule has 0 bridgehead atoms. The van der Waals surface area contributed by atoms with Crippen LogP contribution in [0, 0.1) is 0 Å². The van der Waals surface area contributed by atoms with Crippen molar-refractivity contribution in [1.82, 2.24) is 23.9 Å². The number of nitrogens with zero attached hydrogens (tertiary/aromatic N) is 5. The fraction of sp³-hybridized carbons (Fsp3) is 0.516. The van der Waals surface area contributed by atoms with Crippen molar-refractivity contribution in [3.8, 4) is 0 Å². The SMILES string of the molecule is CCC(=O)c1cc(C(=O)N(C)CCCCC(=O)N2CCC(O)(Cn3cnc4cc(CC)ccc4c3=O)CC2)n(C)c1. The fourth-order valence-corrected chi connectivity index (χ4v) is 5.40. The van der Waals surface area contributed by atoms with E-state index in [9.17, 15) is 24.3 Å². The molecule has 0 saturated carbocycles. The summed E-state index contributed by atoms with van der Waals surface area (Å²) in [5, 5.41) is 11.7. The van der Waals surface area contributed by atoms with Gasteiger partial charge in [0.05, 0.1) is 29.4 Å². The normalized spacial score (nSPS) is 14.8. The van der Waals surface area contributed by atoms with Gasteiger partial charge >= 0.3 is 0 Å². The third-order valence-electron chi connectivity index (χ3n) is 8.16. The van der Waals surface area contributed by atoms with Crippen LogP contribution in [0.5, 0.6) is 0 Å². The molecule has 220 valence electrons. The lowest BCUT2D eigenvalue weighted by Gasteiger charge is -2.38. The van der Waals surface area contributed by atoms with Crippen molar-refractivity contribution >= 4 is 28.5 Å². The van der Waals surface area contributed by atoms with Crippen LogP contribution in [-0.4, -0.2) is 78.9 Å². The third kappa shape index (κ3) is 6.93. The van der Waals surface area contributed by atoms with Crippen LogP contribution in [0.1, 0.15) is 78.8 Å². The maximum absolute atomic E-state index is 13.0. The quantitative estimate of drug-likeness (QED) is 0.283. The number of aliphatic hydroxyl groups is 1. The zero-order valence-corrected chi connectivity index (χ0v) is 24.6.